The summed E-state index contributed by atoms with van der Waals surface area (Å²) in [5, 5.41) is 10.1. The highest BCUT2D eigenvalue weighted by atomic mass is 32.1. The Kier molecular flexibility index (Phi) is 7.78. The van der Waals surface area contributed by atoms with Crippen LogP contribution in [0.4, 0.5) is 10.5 Å². The normalized spacial score (nSPS) is 16.0. The molecule has 0 saturated carbocycles. The number of urea groups is 1. The number of methoxy groups -OCH3 is 3. The number of hydrogen-bond acceptors (Lipinski definition) is 7. The maximum Gasteiger partial charge on any atom is 0.319 e. The first kappa shape index (κ1) is 22.2. The van der Waals surface area contributed by atoms with Gasteiger partial charge in [0.2, 0.25) is 5.75 Å². The van der Waals surface area contributed by atoms with Crippen LogP contribution in [0.15, 0.2) is 29.0 Å². The van der Waals surface area contributed by atoms with E-state index in [0.717, 1.165) is 26.2 Å². The molecule has 1 aromatic heterocycles. The summed E-state index contributed by atoms with van der Waals surface area (Å²) in [5.41, 5.74) is 1.80. The average Bonchev–Trinajstić information content (AvgIpc) is 3.28. The second-order valence-electron chi connectivity index (χ2n) is 7.16. The molecule has 0 radical (unpaired) electrons. The van der Waals surface area contributed by atoms with Crippen molar-refractivity contribution < 1.29 is 19.0 Å². The van der Waals surface area contributed by atoms with Crippen LogP contribution in [-0.4, -0.2) is 76.9 Å². The molecule has 0 unspecified atom stereocenters. The molecule has 0 spiro atoms. The summed E-state index contributed by atoms with van der Waals surface area (Å²) < 4.78 is 16.0. The number of carbonyl (C=O) groups excluding carboxylic acids is 1. The Labute approximate surface area is 181 Å². The summed E-state index contributed by atoms with van der Waals surface area (Å²) in [5.74, 6) is 1.46. The van der Waals surface area contributed by atoms with Crippen molar-refractivity contribution in [3.05, 3.63) is 34.5 Å². The number of amides is 2. The number of carbonyl (C=O) groups is 1. The maximum atomic E-state index is 12.6. The van der Waals surface area contributed by atoms with Gasteiger partial charge in [-0.1, -0.05) is 0 Å². The van der Waals surface area contributed by atoms with Gasteiger partial charge in [-0.3, -0.25) is 4.90 Å². The minimum absolute atomic E-state index is 0.149. The average molecular weight is 435 g/mol. The third-order valence-electron chi connectivity index (χ3n) is 5.29. The van der Waals surface area contributed by atoms with Crippen LogP contribution in [0.25, 0.3) is 0 Å². The number of likely N-dealkylation sites (N-methyl/N-ethyl adjacent to an activating group) is 1. The molecule has 8 nitrogen and oxygen atoms in total. The lowest BCUT2D eigenvalue weighted by Crippen LogP contribution is -2.48. The first-order valence-corrected chi connectivity index (χ1v) is 10.8. The number of hydrogen-bond donors (Lipinski definition) is 2. The van der Waals surface area contributed by atoms with E-state index in [9.17, 15) is 4.79 Å². The molecule has 9 heteroatoms. The van der Waals surface area contributed by atoms with Gasteiger partial charge in [0.05, 0.1) is 33.1 Å². The van der Waals surface area contributed by atoms with Gasteiger partial charge in [-0.25, -0.2) is 4.79 Å². The number of ether oxygens (including phenoxy) is 3. The molecule has 2 N–H and O–H groups in total. The SMILES string of the molecule is COc1cc(NC(=O)NC[C@H](c2ccsc2)N2CCN(C)CC2)cc(OC)c1OC. The molecule has 1 aliphatic heterocycles. The Morgan fingerprint density at radius 1 is 1.10 bits per heavy atom. The zero-order chi connectivity index (χ0) is 21.5. The van der Waals surface area contributed by atoms with E-state index in [1.807, 2.05) is 0 Å². The molecule has 2 aromatic rings. The molecule has 2 amide bonds. The Hall–Kier alpha value is -2.49. The van der Waals surface area contributed by atoms with E-state index in [-0.39, 0.29) is 12.1 Å². The van der Waals surface area contributed by atoms with Crippen molar-refractivity contribution in [3.8, 4) is 17.2 Å². The van der Waals surface area contributed by atoms with Crippen LogP contribution in [-0.2, 0) is 0 Å². The summed E-state index contributed by atoms with van der Waals surface area (Å²) in [6, 6.07) is 5.41. The smallest absolute Gasteiger partial charge is 0.319 e. The molecule has 1 aliphatic rings. The first-order valence-electron chi connectivity index (χ1n) is 9.85. The number of thiophene rings is 1. The fourth-order valence-electron chi connectivity index (χ4n) is 3.57. The van der Waals surface area contributed by atoms with Crippen LogP contribution in [0.1, 0.15) is 11.6 Å². The molecule has 1 aromatic carbocycles. The Morgan fingerprint density at radius 2 is 1.77 bits per heavy atom. The van der Waals surface area contributed by atoms with Gasteiger partial charge in [-0.05, 0) is 29.4 Å². The highest BCUT2D eigenvalue weighted by molar-refractivity contribution is 7.07. The Morgan fingerprint density at radius 3 is 2.30 bits per heavy atom. The fraction of sp³-hybridized carbons (Fsp3) is 0.476. The minimum Gasteiger partial charge on any atom is -0.493 e. The van der Waals surface area contributed by atoms with E-state index in [0.29, 0.717) is 29.5 Å². The van der Waals surface area contributed by atoms with Crippen LogP contribution in [0, 0.1) is 0 Å². The summed E-state index contributed by atoms with van der Waals surface area (Å²) in [7, 11) is 6.77. The van der Waals surface area contributed by atoms with Gasteiger partial charge in [-0.15, -0.1) is 0 Å². The lowest BCUT2D eigenvalue weighted by atomic mass is 10.1. The number of piperazine rings is 1. The second-order valence-corrected chi connectivity index (χ2v) is 7.94. The molecule has 1 atom stereocenters. The summed E-state index contributed by atoms with van der Waals surface area (Å²) in [4.78, 5) is 17.4. The molecule has 2 heterocycles. The second kappa shape index (κ2) is 10.5. The molecular formula is C21H30N4O4S. The van der Waals surface area contributed by atoms with Gasteiger partial charge in [0, 0.05) is 44.9 Å². The van der Waals surface area contributed by atoms with Crippen LogP contribution in [0.2, 0.25) is 0 Å². The van der Waals surface area contributed by atoms with Crippen molar-refractivity contribution in [3.63, 3.8) is 0 Å². The number of benzene rings is 1. The van der Waals surface area contributed by atoms with Gasteiger partial charge in [0.15, 0.2) is 11.5 Å². The molecule has 3 rings (SSSR count). The van der Waals surface area contributed by atoms with Crippen molar-refractivity contribution in [2.24, 2.45) is 0 Å². The maximum absolute atomic E-state index is 12.6. The predicted octanol–water partition coefficient (Wildman–Crippen LogP) is 2.88. The largest absolute Gasteiger partial charge is 0.493 e. The predicted molar refractivity (Wildman–Crippen MR) is 119 cm³/mol. The molecule has 164 valence electrons. The lowest BCUT2D eigenvalue weighted by Gasteiger charge is -2.38. The fourth-order valence-corrected chi connectivity index (χ4v) is 4.28. The molecule has 0 aliphatic carbocycles. The van der Waals surface area contributed by atoms with Gasteiger partial charge in [-0.2, -0.15) is 11.3 Å². The third kappa shape index (κ3) is 5.35. The molecule has 30 heavy (non-hydrogen) atoms. The number of nitrogens with zero attached hydrogens (tertiary/aromatic N) is 2. The highest BCUT2D eigenvalue weighted by Crippen LogP contribution is 2.39. The highest BCUT2D eigenvalue weighted by Gasteiger charge is 2.25. The topological polar surface area (TPSA) is 75.3 Å². The molecule has 1 saturated heterocycles. The van der Waals surface area contributed by atoms with Crippen LogP contribution in [0.5, 0.6) is 17.2 Å². The summed E-state index contributed by atoms with van der Waals surface area (Å²) >= 11 is 1.68. The molecular weight excluding hydrogens is 404 g/mol. The van der Waals surface area contributed by atoms with Crippen LogP contribution < -0.4 is 24.8 Å². The van der Waals surface area contributed by atoms with Gasteiger partial charge in [0.25, 0.3) is 0 Å². The lowest BCUT2D eigenvalue weighted by molar-refractivity contribution is 0.111. The van der Waals surface area contributed by atoms with Crippen LogP contribution >= 0.6 is 11.3 Å². The number of rotatable bonds is 8. The zero-order valence-corrected chi connectivity index (χ0v) is 18.8. The standard InChI is InChI=1S/C21H30N4O4S/c1-24-6-8-25(9-7-24)17(15-5-10-30-14-15)13-22-21(26)23-16-11-18(27-2)20(29-4)19(12-16)28-3/h5,10-12,14,17H,6-9,13H2,1-4H3,(H2,22,23,26)/t17-/m1/s1. The van der Waals surface area contributed by atoms with Crippen molar-refractivity contribution >= 4 is 23.1 Å². The monoisotopic (exact) mass is 434 g/mol. The van der Waals surface area contributed by atoms with E-state index in [2.05, 4.69) is 44.3 Å². The quantitative estimate of drug-likeness (QED) is 0.666. The minimum atomic E-state index is -0.279. The number of anilines is 1. The van der Waals surface area contributed by atoms with Gasteiger partial charge >= 0.3 is 6.03 Å². The first-order chi connectivity index (χ1) is 14.5. The molecule has 0 bridgehead atoms. The van der Waals surface area contributed by atoms with Crippen molar-refractivity contribution in [2.75, 3.05) is 66.4 Å². The van der Waals surface area contributed by atoms with Crippen molar-refractivity contribution in [2.45, 2.75) is 6.04 Å². The van der Waals surface area contributed by atoms with Crippen LogP contribution in [0.3, 0.4) is 0 Å². The van der Waals surface area contributed by atoms with E-state index in [4.69, 9.17) is 14.2 Å². The zero-order valence-electron chi connectivity index (χ0n) is 17.9. The Bertz CT molecular complexity index is 797. The van der Waals surface area contributed by atoms with Crippen molar-refractivity contribution in [1.29, 1.82) is 0 Å². The van der Waals surface area contributed by atoms with Gasteiger partial charge in [0.1, 0.15) is 0 Å². The Balaban J connectivity index is 1.66. The van der Waals surface area contributed by atoms with Crippen molar-refractivity contribution in [1.82, 2.24) is 15.1 Å². The van der Waals surface area contributed by atoms with E-state index >= 15 is 0 Å². The summed E-state index contributed by atoms with van der Waals surface area (Å²) in [6.07, 6.45) is 0. The third-order valence-corrected chi connectivity index (χ3v) is 5.99. The van der Waals surface area contributed by atoms with E-state index in [1.165, 1.54) is 5.56 Å². The van der Waals surface area contributed by atoms with E-state index in [1.54, 1.807) is 44.8 Å². The van der Waals surface area contributed by atoms with Gasteiger partial charge < -0.3 is 29.7 Å². The number of nitrogens with one attached hydrogen (secondary N) is 2. The summed E-state index contributed by atoms with van der Waals surface area (Å²) in [6.45, 7) is 4.54. The molecule has 1 fully saturated rings. The van der Waals surface area contributed by atoms with E-state index < -0.39 is 0 Å².